The molecule has 5 heteroatoms. The van der Waals surface area contributed by atoms with Crippen molar-refractivity contribution in [3.05, 3.63) is 17.5 Å². The van der Waals surface area contributed by atoms with Crippen LogP contribution in [0, 0.1) is 0 Å². The lowest BCUT2D eigenvalue weighted by molar-refractivity contribution is 0.0887. The van der Waals surface area contributed by atoms with E-state index in [0.29, 0.717) is 11.3 Å². The smallest absolute Gasteiger partial charge is 0.272 e. The van der Waals surface area contributed by atoms with Crippen LogP contribution in [0.2, 0.25) is 0 Å². The van der Waals surface area contributed by atoms with Gasteiger partial charge in [0.2, 0.25) is 0 Å². The molecule has 1 atom stereocenters. The van der Waals surface area contributed by atoms with Crippen LogP contribution in [0.25, 0.3) is 0 Å². The molecule has 0 aliphatic heterocycles. The second kappa shape index (κ2) is 2.83. The summed E-state index contributed by atoms with van der Waals surface area (Å²) in [6.45, 7) is 5.84. The van der Waals surface area contributed by atoms with Crippen molar-refractivity contribution in [1.29, 1.82) is 0 Å². The summed E-state index contributed by atoms with van der Waals surface area (Å²) in [5.74, 6) is -2.80. The van der Waals surface area contributed by atoms with Crippen LogP contribution in [0.15, 0.2) is 6.20 Å². The zero-order valence-corrected chi connectivity index (χ0v) is 10.0. The fourth-order valence-corrected chi connectivity index (χ4v) is 1.97. The molecule has 1 aromatic rings. The van der Waals surface area contributed by atoms with Gasteiger partial charge in [-0.1, -0.05) is 20.8 Å². The maximum Gasteiger partial charge on any atom is 0.272 e. The van der Waals surface area contributed by atoms with Crippen LogP contribution in [-0.2, 0) is 18.0 Å². The normalized spacial score (nSPS) is 28.2. The second-order valence-corrected chi connectivity index (χ2v) is 5.67. The number of aromatic nitrogens is 2. The van der Waals surface area contributed by atoms with Crippen molar-refractivity contribution in [2.24, 2.45) is 12.8 Å². The van der Waals surface area contributed by atoms with Gasteiger partial charge >= 0.3 is 0 Å². The van der Waals surface area contributed by atoms with Gasteiger partial charge in [-0.05, 0) is 0 Å². The molecular weight excluding hydrogens is 212 g/mol. The predicted molar refractivity (Wildman–Crippen MR) is 57.3 cm³/mol. The SMILES string of the molecule is Cn1cc(C2(N)CC2(F)F)c(C(C)(C)C)n1. The van der Waals surface area contributed by atoms with Crippen molar-refractivity contribution in [1.82, 2.24) is 9.78 Å². The Kier molecular flexibility index (Phi) is 2.03. The molecule has 16 heavy (non-hydrogen) atoms. The van der Waals surface area contributed by atoms with Crippen molar-refractivity contribution in [3.8, 4) is 0 Å². The summed E-state index contributed by atoms with van der Waals surface area (Å²) in [6, 6.07) is 0. The van der Waals surface area contributed by atoms with Crippen molar-refractivity contribution < 1.29 is 8.78 Å². The van der Waals surface area contributed by atoms with E-state index in [0.717, 1.165) is 0 Å². The highest BCUT2D eigenvalue weighted by atomic mass is 19.3. The minimum atomic E-state index is -2.80. The van der Waals surface area contributed by atoms with Gasteiger partial charge in [0, 0.05) is 30.6 Å². The molecule has 0 radical (unpaired) electrons. The van der Waals surface area contributed by atoms with Crippen LogP contribution in [0.3, 0.4) is 0 Å². The van der Waals surface area contributed by atoms with E-state index in [4.69, 9.17) is 5.73 Å². The van der Waals surface area contributed by atoms with Gasteiger partial charge in [0.1, 0.15) is 5.54 Å². The van der Waals surface area contributed by atoms with E-state index in [2.05, 4.69) is 5.10 Å². The van der Waals surface area contributed by atoms with Crippen molar-refractivity contribution in [2.75, 3.05) is 0 Å². The van der Waals surface area contributed by atoms with Crippen molar-refractivity contribution in [3.63, 3.8) is 0 Å². The van der Waals surface area contributed by atoms with Gasteiger partial charge < -0.3 is 5.73 Å². The number of hydrogen-bond acceptors (Lipinski definition) is 2. The Morgan fingerprint density at radius 3 is 2.31 bits per heavy atom. The lowest BCUT2D eigenvalue weighted by atomic mass is 9.87. The van der Waals surface area contributed by atoms with Gasteiger partial charge in [-0.15, -0.1) is 0 Å². The molecule has 1 aromatic heterocycles. The standard InChI is InChI=1S/C11H17F2N3/c1-9(2,3)8-7(5-16(4)15-8)10(14)6-11(10,12)13/h5H,6,14H2,1-4H3. The zero-order chi connectivity index (χ0) is 12.4. The van der Waals surface area contributed by atoms with E-state index >= 15 is 0 Å². The Hall–Kier alpha value is -0.970. The monoisotopic (exact) mass is 229 g/mol. The van der Waals surface area contributed by atoms with Gasteiger partial charge in [-0.3, -0.25) is 4.68 Å². The summed E-state index contributed by atoms with van der Waals surface area (Å²) in [4.78, 5) is 0. The van der Waals surface area contributed by atoms with Crippen molar-refractivity contribution >= 4 is 0 Å². The zero-order valence-electron chi connectivity index (χ0n) is 10.0. The van der Waals surface area contributed by atoms with Crippen LogP contribution in [0.5, 0.6) is 0 Å². The molecule has 0 spiro atoms. The topological polar surface area (TPSA) is 43.8 Å². The predicted octanol–water partition coefficient (Wildman–Crippen LogP) is 1.91. The third-order valence-corrected chi connectivity index (χ3v) is 3.05. The molecule has 0 bridgehead atoms. The van der Waals surface area contributed by atoms with Gasteiger partial charge in [0.15, 0.2) is 0 Å². The van der Waals surface area contributed by atoms with Crippen LogP contribution < -0.4 is 5.73 Å². The number of hydrogen-bond donors (Lipinski definition) is 1. The van der Waals surface area contributed by atoms with Gasteiger partial charge in [0.25, 0.3) is 5.92 Å². The van der Waals surface area contributed by atoms with E-state index in [1.807, 2.05) is 20.8 Å². The molecule has 1 saturated carbocycles. The van der Waals surface area contributed by atoms with E-state index in [1.54, 1.807) is 17.9 Å². The lowest BCUT2D eigenvalue weighted by Gasteiger charge is -2.20. The Labute approximate surface area is 93.6 Å². The third-order valence-electron chi connectivity index (χ3n) is 3.05. The Balaban J connectivity index is 2.51. The third kappa shape index (κ3) is 1.45. The molecule has 1 fully saturated rings. The molecule has 1 aliphatic rings. The first-order chi connectivity index (χ1) is 7.08. The highest BCUT2D eigenvalue weighted by molar-refractivity contribution is 5.40. The minimum absolute atomic E-state index is 0.276. The highest BCUT2D eigenvalue weighted by Crippen LogP contribution is 2.58. The first-order valence-electron chi connectivity index (χ1n) is 5.29. The molecule has 3 nitrogen and oxygen atoms in total. The maximum atomic E-state index is 13.3. The Morgan fingerprint density at radius 1 is 1.44 bits per heavy atom. The summed E-state index contributed by atoms with van der Waals surface area (Å²) in [5.41, 5.74) is 5.11. The number of alkyl halides is 2. The second-order valence-electron chi connectivity index (χ2n) is 5.67. The summed E-state index contributed by atoms with van der Waals surface area (Å²) in [5, 5.41) is 4.26. The Morgan fingerprint density at radius 2 is 1.94 bits per heavy atom. The molecule has 0 amide bonds. The number of nitrogens with zero attached hydrogens (tertiary/aromatic N) is 2. The number of nitrogens with two attached hydrogens (primary N) is 1. The summed E-state index contributed by atoms with van der Waals surface area (Å²) < 4.78 is 28.1. The first kappa shape index (κ1) is 11.5. The summed E-state index contributed by atoms with van der Waals surface area (Å²) in [6.07, 6.45) is 1.33. The number of halogens is 2. The summed E-state index contributed by atoms with van der Waals surface area (Å²) in [7, 11) is 1.72. The van der Waals surface area contributed by atoms with E-state index < -0.39 is 11.5 Å². The average molecular weight is 229 g/mol. The number of aryl methyl sites for hydroxylation is 1. The average Bonchev–Trinajstić information content (AvgIpc) is 2.46. The fraction of sp³-hybridized carbons (Fsp3) is 0.727. The van der Waals surface area contributed by atoms with E-state index in [1.165, 1.54) is 0 Å². The molecule has 2 rings (SSSR count). The lowest BCUT2D eigenvalue weighted by Crippen LogP contribution is -2.30. The molecule has 90 valence electrons. The molecular formula is C11H17F2N3. The molecule has 1 unspecified atom stereocenters. The molecule has 0 saturated heterocycles. The molecule has 1 heterocycles. The van der Waals surface area contributed by atoms with E-state index in [-0.39, 0.29) is 11.8 Å². The van der Waals surface area contributed by atoms with Gasteiger partial charge in [-0.25, -0.2) is 8.78 Å². The quantitative estimate of drug-likeness (QED) is 0.799. The van der Waals surface area contributed by atoms with Gasteiger partial charge in [0.05, 0.1) is 5.69 Å². The largest absolute Gasteiger partial charge is 0.316 e. The van der Waals surface area contributed by atoms with Crippen LogP contribution >= 0.6 is 0 Å². The first-order valence-corrected chi connectivity index (χ1v) is 5.29. The highest BCUT2D eigenvalue weighted by Gasteiger charge is 2.71. The number of rotatable bonds is 1. The van der Waals surface area contributed by atoms with Crippen LogP contribution in [-0.4, -0.2) is 15.7 Å². The van der Waals surface area contributed by atoms with Gasteiger partial charge in [-0.2, -0.15) is 5.10 Å². The molecule has 0 aromatic carbocycles. The Bertz CT molecular complexity index is 431. The molecule has 1 aliphatic carbocycles. The van der Waals surface area contributed by atoms with Crippen LogP contribution in [0.4, 0.5) is 8.78 Å². The van der Waals surface area contributed by atoms with Crippen molar-refractivity contribution in [2.45, 2.75) is 44.1 Å². The fourth-order valence-electron chi connectivity index (χ4n) is 1.97. The van der Waals surface area contributed by atoms with E-state index in [9.17, 15) is 8.78 Å². The van der Waals surface area contributed by atoms with Crippen LogP contribution in [0.1, 0.15) is 38.4 Å². The minimum Gasteiger partial charge on any atom is -0.316 e. The maximum absolute atomic E-state index is 13.3. The summed E-state index contributed by atoms with van der Waals surface area (Å²) >= 11 is 0. The molecule has 2 N–H and O–H groups in total.